The minimum atomic E-state index is 0.127. The molecule has 0 spiro atoms. The highest BCUT2D eigenvalue weighted by molar-refractivity contribution is 7.99. The second-order valence-corrected chi connectivity index (χ2v) is 16.2. The molecule has 2 nitrogen and oxygen atoms in total. The van der Waals surface area contributed by atoms with Crippen molar-refractivity contribution in [2.45, 2.75) is 216 Å². The molecule has 0 radical (unpaired) electrons. The molecule has 2 aromatic rings. The van der Waals surface area contributed by atoms with Crippen LogP contribution in [0.25, 0.3) is 0 Å². The summed E-state index contributed by atoms with van der Waals surface area (Å²) in [5.74, 6) is 1.18. The molecule has 2 aromatic carbocycles. The average molecular weight is 716 g/mol. The van der Waals surface area contributed by atoms with Crippen LogP contribution in [0.3, 0.4) is 0 Å². The zero-order chi connectivity index (χ0) is 35.0. The number of aryl methyl sites for hydroxylation is 1. The molecule has 0 aliphatic carbocycles. The molecule has 0 aliphatic rings. The van der Waals surface area contributed by atoms with Crippen molar-refractivity contribution in [3.8, 4) is 11.5 Å². The summed E-state index contributed by atoms with van der Waals surface area (Å²) in [4.78, 5) is 2.17. The SMILES string of the molecule is CCCCCCCCCCCCCCCCCCc1ccc(Sc2ccc(O)c(Cl)c2)cc1OCCCCCCCCCCCCCCC. The lowest BCUT2D eigenvalue weighted by Gasteiger charge is -2.14. The number of rotatable bonds is 34. The predicted octanol–water partition coefficient (Wildman–Crippen LogP) is 16.5. The zero-order valence-corrected chi connectivity index (χ0v) is 33.6. The third-order valence-corrected chi connectivity index (χ3v) is 11.3. The lowest BCUT2D eigenvalue weighted by Crippen LogP contribution is -2.01. The highest BCUT2D eigenvalue weighted by atomic mass is 35.5. The first kappa shape index (κ1) is 43.8. The van der Waals surface area contributed by atoms with Gasteiger partial charge in [-0.05, 0) is 55.2 Å². The van der Waals surface area contributed by atoms with Gasteiger partial charge in [-0.25, -0.2) is 0 Å². The van der Waals surface area contributed by atoms with Gasteiger partial charge in [0.15, 0.2) is 0 Å². The standard InChI is InChI=1S/C45H75ClO2S/c1-3-5-7-9-11-13-15-17-18-19-20-22-24-26-28-30-32-40-33-34-42(49-41-35-36-44(47)43(46)38-41)39-45(40)48-37-31-29-27-25-23-21-16-14-12-10-8-6-4-2/h33-36,38-39,47H,3-32,37H2,1-2H3. The molecule has 0 unspecified atom stereocenters. The summed E-state index contributed by atoms with van der Waals surface area (Å²) in [7, 11) is 0. The minimum Gasteiger partial charge on any atom is -0.506 e. The second kappa shape index (κ2) is 31.4. The van der Waals surface area contributed by atoms with Gasteiger partial charge in [-0.1, -0.05) is 217 Å². The van der Waals surface area contributed by atoms with E-state index in [-0.39, 0.29) is 5.75 Å². The molecule has 280 valence electrons. The van der Waals surface area contributed by atoms with Crippen LogP contribution < -0.4 is 4.74 Å². The van der Waals surface area contributed by atoms with Crippen LogP contribution in [0.2, 0.25) is 5.02 Å². The van der Waals surface area contributed by atoms with E-state index in [1.807, 2.05) is 12.1 Å². The molecular weight excluding hydrogens is 640 g/mol. The first-order valence-corrected chi connectivity index (χ1v) is 22.3. The molecule has 0 heterocycles. The van der Waals surface area contributed by atoms with E-state index >= 15 is 0 Å². The van der Waals surface area contributed by atoms with Crippen molar-refractivity contribution in [3.05, 3.63) is 47.0 Å². The topological polar surface area (TPSA) is 29.5 Å². The molecule has 0 atom stereocenters. The number of hydrogen-bond donors (Lipinski definition) is 1. The van der Waals surface area contributed by atoms with Gasteiger partial charge in [-0.2, -0.15) is 0 Å². The number of halogens is 1. The van der Waals surface area contributed by atoms with Gasteiger partial charge in [-0.3, -0.25) is 0 Å². The Bertz CT molecular complexity index is 1040. The molecule has 0 aliphatic heterocycles. The fourth-order valence-electron chi connectivity index (χ4n) is 6.79. The molecular formula is C45H75ClO2S. The summed E-state index contributed by atoms with van der Waals surface area (Å²) in [6.45, 7) is 5.38. The van der Waals surface area contributed by atoms with Crippen molar-refractivity contribution in [2.24, 2.45) is 0 Å². The second-order valence-electron chi connectivity index (χ2n) is 14.6. The number of phenolic OH excluding ortho intramolecular Hbond substituents is 1. The Morgan fingerprint density at radius 2 is 0.878 bits per heavy atom. The van der Waals surface area contributed by atoms with Crippen LogP contribution in [0.5, 0.6) is 11.5 Å². The maximum absolute atomic E-state index is 9.82. The van der Waals surface area contributed by atoms with Crippen molar-refractivity contribution < 1.29 is 9.84 Å². The van der Waals surface area contributed by atoms with Crippen LogP contribution in [0, 0.1) is 0 Å². The Morgan fingerprint density at radius 1 is 0.490 bits per heavy atom. The van der Waals surface area contributed by atoms with E-state index in [4.69, 9.17) is 16.3 Å². The Hall–Kier alpha value is -1.32. The molecule has 0 bridgehead atoms. The van der Waals surface area contributed by atoms with Gasteiger partial charge < -0.3 is 9.84 Å². The molecule has 0 amide bonds. The third-order valence-electron chi connectivity index (χ3n) is 10.00. The summed E-state index contributed by atoms with van der Waals surface area (Å²) >= 11 is 7.85. The van der Waals surface area contributed by atoms with Gasteiger partial charge in [0.2, 0.25) is 0 Å². The smallest absolute Gasteiger partial charge is 0.134 e. The monoisotopic (exact) mass is 715 g/mol. The van der Waals surface area contributed by atoms with Gasteiger partial charge in [0.1, 0.15) is 11.5 Å². The van der Waals surface area contributed by atoms with Crippen LogP contribution in [0.4, 0.5) is 0 Å². The lowest BCUT2D eigenvalue weighted by molar-refractivity contribution is 0.300. The van der Waals surface area contributed by atoms with Gasteiger partial charge >= 0.3 is 0 Å². The highest BCUT2D eigenvalue weighted by Crippen LogP contribution is 2.36. The Labute approximate surface area is 313 Å². The van der Waals surface area contributed by atoms with E-state index in [1.165, 1.54) is 185 Å². The normalized spacial score (nSPS) is 11.4. The van der Waals surface area contributed by atoms with E-state index in [0.717, 1.165) is 35.0 Å². The number of unbranched alkanes of at least 4 members (excludes halogenated alkanes) is 27. The minimum absolute atomic E-state index is 0.127. The molecule has 0 aromatic heterocycles. The van der Waals surface area contributed by atoms with Crippen LogP contribution in [0.15, 0.2) is 46.2 Å². The number of benzene rings is 2. The maximum Gasteiger partial charge on any atom is 0.134 e. The first-order valence-electron chi connectivity index (χ1n) is 21.1. The van der Waals surface area contributed by atoms with Gasteiger partial charge in [0, 0.05) is 9.79 Å². The largest absolute Gasteiger partial charge is 0.506 e. The van der Waals surface area contributed by atoms with Crippen LogP contribution in [0.1, 0.15) is 206 Å². The quantitative estimate of drug-likeness (QED) is 0.0732. The average Bonchev–Trinajstić information content (AvgIpc) is 3.10. The van der Waals surface area contributed by atoms with Gasteiger partial charge in [0.05, 0.1) is 11.6 Å². The molecule has 2 rings (SSSR count). The van der Waals surface area contributed by atoms with E-state index in [9.17, 15) is 5.11 Å². The molecule has 0 saturated heterocycles. The molecule has 0 fully saturated rings. The highest BCUT2D eigenvalue weighted by Gasteiger charge is 2.09. The summed E-state index contributed by atoms with van der Waals surface area (Å²) in [5, 5.41) is 10.2. The van der Waals surface area contributed by atoms with Crippen LogP contribution >= 0.6 is 23.4 Å². The molecule has 0 saturated carbocycles. The summed E-state index contributed by atoms with van der Waals surface area (Å²) in [6.07, 6.45) is 41.2. The number of ether oxygens (including phenoxy) is 1. The lowest BCUT2D eigenvalue weighted by atomic mass is 10.0. The number of phenols is 1. The van der Waals surface area contributed by atoms with Crippen molar-refractivity contribution in [1.82, 2.24) is 0 Å². The van der Waals surface area contributed by atoms with E-state index in [2.05, 4.69) is 32.0 Å². The molecule has 1 N–H and O–H groups in total. The van der Waals surface area contributed by atoms with E-state index < -0.39 is 0 Å². The zero-order valence-electron chi connectivity index (χ0n) is 32.0. The fourth-order valence-corrected chi connectivity index (χ4v) is 7.92. The van der Waals surface area contributed by atoms with Crippen LogP contribution in [-0.4, -0.2) is 11.7 Å². The predicted molar refractivity (Wildman–Crippen MR) is 218 cm³/mol. The van der Waals surface area contributed by atoms with Crippen molar-refractivity contribution in [3.63, 3.8) is 0 Å². The number of aromatic hydroxyl groups is 1. The summed E-state index contributed by atoms with van der Waals surface area (Å²) in [5.41, 5.74) is 1.34. The first-order chi connectivity index (χ1) is 24.1. The van der Waals surface area contributed by atoms with E-state index in [1.54, 1.807) is 17.8 Å². The van der Waals surface area contributed by atoms with E-state index in [0.29, 0.717) is 5.02 Å². The van der Waals surface area contributed by atoms with Gasteiger partial charge in [-0.15, -0.1) is 0 Å². The summed E-state index contributed by atoms with van der Waals surface area (Å²) in [6, 6.07) is 12.1. The summed E-state index contributed by atoms with van der Waals surface area (Å²) < 4.78 is 6.46. The Kier molecular flexibility index (Phi) is 28.1. The van der Waals surface area contributed by atoms with Gasteiger partial charge in [0.25, 0.3) is 0 Å². The molecule has 4 heteroatoms. The van der Waals surface area contributed by atoms with Crippen molar-refractivity contribution in [1.29, 1.82) is 0 Å². The Morgan fingerprint density at radius 3 is 1.33 bits per heavy atom. The van der Waals surface area contributed by atoms with Crippen molar-refractivity contribution in [2.75, 3.05) is 6.61 Å². The fraction of sp³-hybridized carbons (Fsp3) is 0.733. The molecule has 49 heavy (non-hydrogen) atoms. The number of hydrogen-bond acceptors (Lipinski definition) is 3. The Balaban J connectivity index is 1.64. The maximum atomic E-state index is 9.82. The van der Waals surface area contributed by atoms with Crippen LogP contribution in [-0.2, 0) is 6.42 Å². The van der Waals surface area contributed by atoms with Crippen molar-refractivity contribution >= 4 is 23.4 Å². The third kappa shape index (κ3) is 23.7.